The van der Waals surface area contributed by atoms with Gasteiger partial charge < -0.3 is 9.47 Å². The first-order valence-electron chi connectivity index (χ1n) is 9.16. The van der Waals surface area contributed by atoms with E-state index in [2.05, 4.69) is 61.3 Å². The molecule has 0 atom stereocenters. The molecule has 0 fully saturated rings. The van der Waals surface area contributed by atoms with Crippen molar-refractivity contribution in [1.29, 1.82) is 0 Å². The molecule has 0 N–H and O–H groups in total. The molecule has 1 heterocycles. The van der Waals surface area contributed by atoms with E-state index in [0.717, 1.165) is 23.3 Å². The van der Waals surface area contributed by atoms with Crippen LogP contribution in [0.3, 0.4) is 0 Å². The van der Waals surface area contributed by atoms with E-state index >= 15 is 0 Å². The van der Waals surface area contributed by atoms with Crippen molar-refractivity contribution in [3.05, 3.63) is 59.9 Å². The Hall–Kier alpha value is -1.66. The largest absolute Gasteiger partial charge is 0.450 e. The van der Waals surface area contributed by atoms with Gasteiger partial charge in [-0.25, -0.2) is 0 Å². The molecule has 4 nitrogen and oxygen atoms in total. The van der Waals surface area contributed by atoms with Gasteiger partial charge in [0.2, 0.25) is 0 Å². The summed E-state index contributed by atoms with van der Waals surface area (Å²) in [6.45, 7) is 9.81. The van der Waals surface area contributed by atoms with Gasteiger partial charge in [-0.15, -0.1) is 4.40 Å². The van der Waals surface area contributed by atoms with E-state index in [4.69, 9.17) is 9.47 Å². The molecule has 0 saturated carbocycles. The number of unbranched alkanes of at least 4 members (excludes halogenated alkanes) is 1. The fraction of sp³-hybridized carbons (Fsp3) is 0.429. The smallest absolute Gasteiger partial charge is 0.396 e. The molecule has 2 rings (SSSR count). The van der Waals surface area contributed by atoms with E-state index < -0.39 is 0 Å². The van der Waals surface area contributed by atoms with Gasteiger partial charge >= 0.3 is 6.08 Å². The zero-order valence-corrected chi connectivity index (χ0v) is 18.1. The summed E-state index contributed by atoms with van der Waals surface area (Å²) in [6, 6.07) is 12.4. The van der Waals surface area contributed by atoms with Crippen LogP contribution in [-0.4, -0.2) is 17.7 Å². The Kier molecular flexibility index (Phi) is 9.01. The van der Waals surface area contributed by atoms with Gasteiger partial charge in [0.25, 0.3) is 0 Å². The number of hydrogen-bond acceptors (Lipinski definition) is 6. The molecule has 0 spiro atoms. The number of rotatable bonds is 8. The Labute approximate surface area is 170 Å². The minimum atomic E-state index is 0.148. The molecule has 0 unspecified atom stereocenters. The van der Waals surface area contributed by atoms with Crippen molar-refractivity contribution in [1.82, 2.24) is 4.98 Å². The monoisotopic (exact) mass is 404 g/mol. The van der Waals surface area contributed by atoms with Crippen LogP contribution in [0.5, 0.6) is 0 Å². The lowest BCUT2D eigenvalue weighted by atomic mass is 9.87. The highest BCUT2D eigenvalue weighted by Crippen LogP contribution is 2.31. The van der Waals surface area contributed by atoms with Crippen molar-refractivity contribution in [2.24, 2.45) is 4.40 Å². The van der Waals surface area contributed by atoms with E-state index in [1.54, 1.807) is 6.20 Å². The number of benzene rings is 1. The lowest BCUT2D eigenvalue weighted by Crippen LogP contribution is -2.12. The summed E-state index contributed by atoms with van der Waals surface area (Å²) >= 11 is 0. The van der Waals surface area contributed by atoms with Gasteiger partial charge in [-0.3, -0.25) is 4.98 Å². The van der Waals surface area contributed by atoms with Crippen molar-refractivity contribution in [2.45, 2.75) is 57.5 Å². The maximum absolute atomic E-state index is 5.82. The molecule has 0 amide bonds. The van der Waals surface area contributed by atoms with Gasteiger partial charge in [-0.05, 0) is 45.9 Å². The highest BCUT2D eigenvalue weighted by molar-refractivity contribution is 8.76. The third-order valence-corrected chi connectivity index (χ3v) is 5.54. The second-order valence-electron chi connectivity index (χ2n) is 7.14. The van der Waals surface area contributed by atoms with Crippen LogP contribution in [0.25, 0.3) is 0 Å². The van der Waals surface area contributed by atoms with Crippen molar-refractivity contribution in [3.8, 4) is 0 Å². The lowest BCUT2D eigenvalue weighted by molar-refractivity contribution is 0.157. The van der Waals surface area contributed by atoms with Gasteiger partial charge in [0, 0.05) is 17.3 Å². The fourth-order valence-electron chi connectivity index (χ4n) is 2.13. The van der Waals surface area contributed by atoms with Gasteiger partial charge in [0.05, 0.1) is 17.6 Å². The second kappa shape index (κ2) is 11.2. The van der Waals surface area contributed by atoms with Gasteiger partial charge in [-0.2, -0.15) is 0 Å². The van der Waals surface area contributed by atoms with Crippen LogP contribution < -0.4 is 0 Å². The number of ether oxygens (including phenoxy) is 2. The molecule has 6 heteroatoms. The molecule has 0 aliphatic heterocycles. The Morgan fingerprint density at radius 2 is 1.89 bits per heavy atom. The van der Waals surface area contributed by atoms with Crippen molar-refractivity contribution in [3.63, 3.8) is 0 Å². The molecule has 146 valence electrons. The molecular weight excluding hydrogens is 376 g/mol. The first-order valence-corrected chi connectivity index (χ1v) is 11.3. The standard InChI is InChI=1S/C21H28N2O2S2/c1-5-6-14-24-20(23-27-26-19-8-7-13-22-15-19)25-16-17-9-11-18(12-10-17)21(2,3)4/h7-13,15H,5-6,14,16H2,1-4H3. The van der Waals surface area contributed by atoms with E-state index in [1.165, 1.54) is 27.3 Å². The minimum Gasteiger partial charge on any atom is -0.450 e. The molecule has 27 heavy (non-hydrogen) atoms. The summed E-state index contributed by atoms with van der Waals surface area (Å²) < 4.78 is 15.9. The summed E-state index contributed by atoms with van der Waals surface area (Å²) in [5.41, 5.74) is 2.55. The van der Waals surface area contributed by atoms with Gasteiger partial charge in [-0.1, -0.05) is 58.4 Å². The molecule has 2 aromatic rings. The van der Waals surface area contributed by atoms with Crippen LogP contribution in [0.15, 0.2) is 58.1 Å². The maximum atomic E-state index is 5.82. The van der Waals surface area contributed by atoms with E-state index in [0.29, 0.717) is 19.3 Å². The average molecular weight is 405 g/mol. The molecule has 1 aromatic heterocycles. The zero-order valence-electron chi connectivity index (χ0n) is 16.5. The maximum Gasteiger partial charge on any atom is 0.396 e. The number of aromatic nitrogens is 1. The van der Waals surface area contributed by atoms with Gasteiger partial charge in [0.15, 0.2) is 0 Å². The van der Waals surface area contributed by atoms with E-state index in [1.807, 2.05) is 18.3 Å². The van der Waals surface area contributed by atoms with E-state index in [-0.39, 0.29) is 5.41 Å². The summed E-state index contributed by atoms with van der Waals surface area (Å²) in [6.07, 6.45) is 5.93. The van der Waals surface area contributed by atoms with Crippen LogP contribution >= 0.6 is 21.8 Å². The van der Waals surface area contributed by atoms with Crippen LogP contribution in [0.1, 0.15) is 51.7 Å². The van der Waals surface area contributed by atoms with Crippen LogP contribution in [0.2, 0.25) is 0 Å². The highest BCUT2D eigenvalue weighted by atomic mass is 33.1. The van der Waals surface area contributed by atoms with E-state index in [9.17, 15) is 0 Å². The Balaban J connectivity index is 1.91. The van der Waals surface area contributed by atoms with Gasteiger partial charge in [0.1, 0.15) is 6.61 Å². The third-order valence-electron chi connectivity index (χ3n) is 3.79. The predicted octanol–water partition coefficient (Wildman–Crippen LogP) is 6.42. The molecule has 0 saturated heterocycles. The van der Waals surface area contributed by atoms with Crippen molar-refractivity contribution >= 4 is 27.9 Å². The molecule has 0 aliphatic carbocycles. The number of nitrogens with zero attached hydrogens (tertiary/aromatic N) is 2. The van der Waals surface area contributed by atoms with Crippen LogP contribution in [0.4, 0.5) is 0 Å². The van der Waals surface area contributed by atoms with Crippen molar-refractivity contribution in [2.75, 3.05) is 6.61 Å². The highest BCUT2D eigenvalue weighted by Gasteiger charge is 2.13. The topological polar surface area (TPSA) is 43.7 Å². The van der Waals surface area contributed by atoms with Crippen LogP contribution in [0, 0.1) is 0 Å². The van der Waals surface area contributed by atoms with Crippen molar-refractivity contribution < 1.29 is 9.47 Å². The minimum absolute atomic E-state index is 0.148. The number of pyridine rings is 1. The SMILES string of the molecule is CCCCOC(=NSSc1cccnc1)OCc1ccc(C(C)(C)C)cc1. The predicted molar refractivity (Wildman–Crippen MR) is 116 cm³/mol. The normalized spacial score (nSPS) is 12.1. The fourth-order valence-corrected chi connectivity index (χ4v) is 3.51. The quantitative estimate of drug-likeness (QED) is 0.167. The molecule has 0 radical (unpaired) electrons. The Bertz CT molecular complexity index is 698. The summed E-state index contributed by atoms with van der Waals surface area (Å²) in [4.78, 5) is 5.14. The third kappa shape index (κ3) is 8.26. The first-order chi connectivity index (χ1) is 13.0. The number of hydrogen-bond donors (Lipinski definition) is 0. The van der Waals surface area contributed by atoms with Crippen LogP contribution in [-0.2, 0) is 21.5 Å². The Morgan fingerprint density at radius 3 is 2.52 bits per heavy atom. The molecule has 1 aromatic carbocycles. The average Bonchev–Trinajstić information content (AvgIpc) is 2.66. The summed E-state index contributed by atoms with van der Waals surface area (Å²) in [5.74, 6) is 0. The molecular formula is C21H28N2O2S2. The summed E-state index contributed by atoms with van der Waals surface area (Å²) in [7, 11) is 2.85. The lowest BCUT2D eigenvalue weighted by Gasteiger charge is -2.19. The first kappa shape index (κ1) is 21.6. The molecule has 0 aliphatic rings. The summed E-state index contributed by atoms with van der Waals surface area (Å²) in [5, 5.41) is 0. The second-order valence-corrected chi connectivity index (χ2v) is 9.06. The molecule has 0 bridgehead atoms. The zero-order chi connectivity index (χ0) is 19.5. The Morgan fingerprint density at radius 1 is 1.11 bits per heavy atom.